The van der Waals surface area contributed by atoms with Gasteiger partial charge in [0, 0.05) is 19.2 Å². The van der Waals surface area contributed by atoms with Crippen molar-refractivity contribution in [2.45, 2.75) is 13.3 Å². The first kappa shape index (κ1) is 13.9. The lowest BCUT2D eigenvalue weighted by molar-refractivity contribution is -0.117. The summed E-state index contributed by atoms with van der Waals surface area (Å²) in [5, 5.41) is 0. The summed E-state index contributed by atoms with van der Waals surface area (Å²) in [4.78, 5) is 29.5. The van der Waals surface area contributed by atoms with Crippen LogP contribution in [0.15, 0.2) is 18.3 Å². The van der Waals surface area contributed by atoms with Crippen LogP contribution < -0.4 is 4.90 Å². The molecule has 0 spiro atoms. The van der Waals surface area contributed by atoms with E-state index in [0.29, 0.717) is 24.4 Å². The van der Waals surface area contributed by atoms with Crippen LogP contribution in [0.25, 0.3) is 0 Å². The molecular formula is C13H16N2O3S. The van der Waals surface area contributed by atoms with Gasteiger partial charge in [-0.1, -0.05) is 0 Å². The fourth-order valence-electron chi connectivity index (χ4n) is 2.11. The van der Waals surface area contributed by atoms with Crippen LogP contribution in [0.4, 0.5) is 5.69 Å². The Kier molecular flexibility index (Phi) is 4.42. The van der Waals surface area contributed by atoms with E-state index in [1.165, 1.54) is 6.20 Å². The number of hydrogen-bond donors (Lipinski definition) is 1. The minimum atomic E-state index is -0.500. The molecule has 0 bridgehead atoms. The lowest BCUT2D eigenvalue weighted by atomic mass is 10.1. The van der Waals surface area contributed by atoms with Crippen molar-refractivity contribution in [3.05, 3.63) is 24.0 Å². The molecule has 1 aromatic heterocycles. The van der Waals surface area contributed by atoms with Crippen LogP contribution >= 0.6 is 12.6 Å². The molecule has 1 aliphatic heterocycles. The maximum Gasteiger partial charge on any atom is 0.359 e. The second-order valence-corrected chi connectivity index (χ2v) is 4.71. The largest absolute Gasteiger partial charge is 0.461 e. The van der Waals surface area contributed by atoms with Gasteiger partial charge >= 0.3 is 5.97 Å². The third kappa shape index (κ3) is 2.89. The van der Waals surface area contributed by atoms with E-state index < -0.39 is 5.97 Å². The van der Waals surface area contributed by atoms with Crippen molar-refractivity contribution in [2.24, 2.45) is 5.92 Å². The van der Waals surface area contributed by atoms with Crippen molar-refractivity contribution < 1.29 is 14.3 Å². The molecule has 1 unspecified atom stereocenters. The molecule has 0 radical (unpaired) electrons. The van der Waals surface area contributed by atoms with E-state index in [9.17, 15) is 9.59 Å². The van der Waals surface area contributed by atoms with Gasteiger partial charge in [0.05, 0.1) is 12.3 Å². The summed E-state index contributed by atoms with van der Waals surface area (Å²) in [5.74, 6) is 0.362. The highest BCUT2D eigenvalue weighted by Gasteiger charge is 2.32. The first-order valence-corrected chi connectivity index (χ1v) is 6.84. The van der Waals surface area contributed by atoms with Gasteiger partial charge in [0.1, 0.15) is 0 Å². The van der Waals surface area contributed by atoms with Gasteiger partial charge < -0.3 is 9.64 Å². The molecule has 0 saturated carbocycles. The molecule has 1 amide bonds. The van der Waals surface area contributed by atoms with E-state index in [1.807, 2.05) is 0 Å². The van der Waals surface area contributed by atoms with Crippen LogP contribution in [-0.4, -0.2) is 35.8 Å². The van der Waals surface area contributed by atoms with E-state index >= 15 is 0 Å². The first-order valence-electron chi connectivity index (χ1n) is 6.20. The van der Waals surface area contributed by atoms with Crippen molar-refractivity contribution in [3.63, 3.8) is 0 Å². The minimum Gasteiger partial charge on any atom is -0.461 e. The van der Waals surface area contributed by atoms with Gasteiger partial charge in [-0.15, -0.1) is 0 Å². The molecule has 1 fully saturated rings. The first-order chi connectivity index (χ1) is 9.17. The molecule has 0 N–H and O–H groups in total. The van der Waals surface area contributed by atoms with Crippen LogP contribution in [0.2, 0.25) is 0 Å². The van der Waals surface area contributed by atoms with Crippen LogP contribution in [0.3, 0.4) is 0 Å². The number of carbonyl (C=O) groups is 2. The predicted octanol–water partition coefficient (Wildman–Crippen LogP) is 1.54. The molecule has 6 heteroatoms. The van der Waals surface area contributed by atoms with Crippen molar-refractivity contribution in [1.82, 2.24) is 4.98 Å². The van der Waals surface area contributed by atoms with Gasteiger partial charge in [0.25, 0.3) is 0 Å². The van der Waals surface area contributed by atoms with Crippen LogP contribution in [0.5, 0.6) is 0 Å². The zero-order chi connectivity index (χ0) is 13.8. The molecular weight excluding hydrogens is 264 g/mol. The van der Waals surface area contributed by atoms with Gasteiger partial charge in [0.2, 0.25) is 5.91 Å². The molecule has 102 valence electrons. The van der Waals surface area contributed by atoms with Crippen LogP contribution in [0, 0.1) is 5.92 Å². The predicted molar refractivity (Wildman–Crippen MR) is 74.5 cm³/mol. The van der Waals surface area contributed by atoms with E-state index in [0.717, 1.165) is 0 Å². The summed E-state index contributed by atoms with van der Waals surface area (Å²) >= 11 is 4.22. The van der Waals surface area contributed by atoms with Crippen LogP contribution in [0.1, 0.15) is 23.8 Å². The molecule has 2 heterocycles. The number of pyridine rings is 1. The highest BCUT2D eigenvalue weighted by atomic mass is 32.1. The fraction of sp³-hybridized carbons (Fsp3) is 0.462. The Bertz CT molecular complexity index is 493. The van der Waals surface area contributed by atoms with Gasteiger partial charge in [-0.3, -0.25) is 4.79 Å². The summed E-state index contributed by atoms with van der Waals surface area (Å²) in [7, 11) is 0. The fourth-order valence-corrected chi connectivity index (χ4v) is 2.35. The Morgan fingerprint density at radius 1 is 1.63 bits per heavy atom. The quantitative estimate of drug-likeness (QED) is 0.671. The second kappa shape index (κ2) is 6.06. The lowest BCUT2D eigenvalue weighted by Gasteiger charge is -2.18. The lowest BCUT2D eigenvalue weighted by Crippen LogP contribution is -2.27. The molecule has 1 aromatic rings. The zero-order valence-corrected chi connectivity index (χ0v) is 11.6. The standard InChI is InChI=1S/C13H16N2O3S/c1-2-18-13(17)12-10(4-3-5-14-12)15-7-9(8-19)6-11(15)16/h3-5,9,19H,2,6-8H2,1H3. The van der Waals surface area contributed by atoms with E-state index in [1.54, 1.807) is 24.0 Å². The monoisotopic (exact) mass is 280 g/mol. The summed E-state index contributed by atoms with van der Waals surface area (Å²) in [6.45, 7) is 2.58. The molecule has 5 nitrogen and oxygen atoms in total. The normalized spacial score (nSPS) is 18.7. The molecule has 19 heavy (non-hydrogen) atoms. The number of hydrogen-bond acceptors (Lipinski definition) is 5. The Morgan fingerprint density at radius 3 is 3.05 bits per heavy atom. The number of carbonyl (C=O) groups excluding carboxylic acids is 2. The van der Waals surface area contributed by atoms with Gasteiger partial charge in [-0.05, 0) is 30.7 Å². The van der Waals surface area contributed by atoms with E-state index in [-0.39, 0.29) is 24.1 Å². The third-order valence-electron chi connectivity index (χ3n) is 3.01. The maximum absolute atomic E-state index is 12.0. The SMILES string of the molecule is CCOC(=O)c1ncccc1N1CC(CS)CC1=O. The Morgan fingerprint density at radius 2 is 2.42 bits per heavy atom. The molecule has 1 aliphatic rings. The van der Waals surface area contributed by atoms with Crippen molar-refractivity contribution in [3.8, 4) is 0 Å². The third-order valence-corrected chi connectivity index (χ3v) is 3.53. The summed E-state index contributed by atoms with van der Waals surface area (Å²) in [6.07, 6.45) is 1.98. The molecule has 0 aromatic carbocycles. The van der Waals surface area contributed by atoms with Crippen molar-refractivity contribution >= 4 is 30.2 Å². The Hall–Kier alpha value is -1.56. The Labute approximate surface area is 117 Å². The van der Waals surface area contributed by atoms with Crippen molar-refractivity contribution in [2.75, 3.05) is 23.8 Å². The highest BCUT2D eigenvalue weighted by Crippen LogP contribution is 2.27. The molecule has 0 aliphatic carbocycles. The summed E-state index contributed by atoms with van der Waals surface area (Å²) < 4.78 is 4.96. The van der Waals surface area contributed by atoms with Gasteiger partial charge in [-0.2, -0.15) is 12.6 Å². The number of rotatable bonds is 4. The smallest absolute Gasteiger partial charge is 0.359 e. The zero-order valence-electron chi connectivity index (χ0n) is 10.7. The molecule has 2 rings (SSSR count). The minimum absolute atomic E-state index is 0.00222. The maximum atomic E-state index is 12.0. The molecule has 1 saturated heterocycles. The average molecular weight is 280 g/mol. The number of ether oxygens (including phenoxy) is 1. The Balaban J connectivity index is 2.30. The van der Waals surface area contributed by atoms with E-state index in [2.05, 4.69) is 17.6 Å². The number of aromatic nitrogens is 1. The topological polar surface area (TPSA) is 59.5 Å². The van der Waals surface area contributed by atoms with Crippen LogP contribution in [-0.2, 0) is 9.53 Å². The number of esters is 1. The number of nitrogens with zero attached hydrogens (tertiary/aromatic N) is 2. The summed E-state index contributed by atoms with van der Waals surface area (Å²) in [5.41, 5.74) is 0.716. The number of amides is 1. The number of thiol groups is 1. The van der Waals surface area contributed by atoms with Gasteiger partial charge in [-0.25, -0.2) is 9.78 Å². The van der Waals surface area contributed by atoms with E-state index in [4.69, 9.17) is 4.74 Å². The summed E-state index contributed by atoms with van der Waals surface area (Å²) in [6, 6.07) is 3.43. The van der Waals surface area contributed by atoms with Gasteiger partial charge in [0.15, 0.2) is 5.69 Å². The second-order valence-electron chi connectivity index (χ2n) is 4.35. The van der Waals surface area contributed by atoms with Crippen molar-refractivity contribution in [1.29, 1.82) is 0 Å². The average Bonchev–Trinajstić information content (AvgIpc) is 2.80. The number of anilines is 1. The highest BCUT2D eigenvalue weighted by molar-refractivity contribution is 7.80. The molecule has 1 atom stereocenters.